The van der Waals surface area contributed by atoms with Crippen molar-refractivity contribution < 1.29 is 19.0 Å². The summed E-state index contributed by atoms with van der Waals surface area (Å²) in [6.45, 7) is 0.727. The number of amidine groups is 1. The minimum absolute atomic E-state index is 0.0290. The molecule has 0 fully saturated rings. The van der Waals surface area contributed by atoms with E-state index in [9.17, 15) is 4.79 Å². The average Bonchev–Trinajstić information content (AvgIpc) is 2.74. The van der Waals surface area contributed by atoms with Crippen LogP contribution in [0.1, 0.15) is 40.4 Å². The van der Waals surface area contributed by atoms with Crippen LogP contribution in [0.5, 0.6) is 5.75 Å². The topological polar surface area (TPSA) is 69.2 Å². The number of methoxy groups -OCH3 is 2. The van der Waals surface area contributed by atoms with Crippen LogP contribution in [0.4, 0.5) is 0 Å². The van der Waals surface area contributed by atoms with Crippen molar-refractivity contribution in [1.29, 1.82) is 0 Å². The number of ether oxygens (including phenoxy) is 3. The van der Waals surface area contributed by atoms with Gasteiger partial charge < -0.3 is 14.2 Å². The highest BCUT2D eigenvalue weighted by Crippen LogP contribution is 2.32. The molecule has 1 amide bonds. The number of hydrogen-bond donors (Lipinski definition) is 1. The summed E-state index contributed by atoms with van der Waals surface area (Å²) in [4.78, 5) is 17.4. The second-order valence-electron chi connectivity index (χ2n) is 6.56. The quantitative estimate of drug-likeness (QED) is 0.471. The zero-order chi connectivity index (χ0) is 19.8. The van der Waals surface area contributed by atoms with Crippen molar-refractivity contribution in [3.63, 3.8) is 0 Å². The number of rotatable bonds is 6. The molecule has 1 N–H and O–H groups in total. The molecule has 0 aliphatic heterocycles. The van der Waals surface area contributed by atoms with Crippen LogP contribution in [-0.4, -0.2) is 39.4 Å². The van der Waals surface area contributed by atoms with Gasteiger partial charge in [0.2, 0.25) is 0 Å². The number of hydrogen-bond acceptors (Lipinski definition) is 5. The molecule has 148 valence electrons. The van der Waals surface area contributed by atoms with Crippen LogP contribution >= 0.6 is 0 Å². The van der Waals surface area contributed by atoms with Gasteiger partial charge in [-0.15, -0.1) is 0 Å². The van der Waals surface area contributed by atoms with Crippen molar-refractivity contribution in [2.24, 2.45) is 4.99 Å². The fraction of sp³-hybridized carbons (Fsp3) is 0.364. The van der Waals surface area contributed by atoms with Crippen LogP contribution in [0, 0.1) is 0 Å². The molecular formula is C22H26N2O4. The summed E-state index contributed by atoms with van der Waals surface area (Å²) in [7, 11) is 3.19. The Labute approximate surface area is 165 Å². The molecule has 1 aliphatic rings. The monoisotopic (exact) mass is 382 g/mol. The summed E-state index contributed by atoms with van der Waals surface area (Å²) in [5.74, 6) is 0.420. The number of fused-ring (bicyclic) bond motifs is 1. The lowest BCUT2D eigenvalue weighted by molar-refractivity contribution is 0.0953. The second kappa shape index (κ2) is 9.90. The first-order chi connectivity index (χ1) is 13.7. The van der Waals surface area contributed by atoms with E-state index < -0.39 is 0 Å². The predicted molar refractivity (Wildman–Crippen MR) is 108 cm³/mol. The molecule has 28 heavy (non-hydrogen) atoms. The fourth-order valence-electron chi connectivity index (χ4n) is 3.24. The summed E-state index contributed by atoms with van der Waals surface area (Å²) in [6.07, 6.45) is 3.04. The lowest BCUT2D eigenvalue weighted by atomic mass is 9.88. The largest absolute Gasteiger partial charge is 0.497 e. The number of carbonyl (C=O) groups excluding carboxylic acids is 1. The summed E-state index contributed by atoms with van der Waals surface area (Å²) in [6, 6.07) is 15.4. The Hall–Kier alpha value is -2.86. The third kappa shape index (κ3) is 5.10. The molecule has 1 atom stereocenters. The first-order valence-electron chi connectivity index (χ1n) is 9.44. The molecular weight excluding hydrogens is 356 g/mol. The van der Waals surface area contributed by atoms with Crippen molar-refractivity contribution >= 4 is 11.9 Å². The number of aryl methyl sites for hydroxylation is 1. The third-order valence-corrected chi connectivity index (χ3v) is 4.71. The molecule has 0 aromatic heterocycles. The zero-order valence-corrected chi connectivity index (χ0v) is 16.3. The van der Waals surface area contributed by atoms with E-state index in [1.54, 1.807) is 38.5 Å². The van der Waals surface area contributed by atoms with Gasteiger partial charge in [0, 0.05) is 12.7 Å². The van der Waals surface area contributed by atoms with Gasteiger partial charge in [-0.1, -0.05) is 24.3 Å². The van der Waals surface area contributed by atoms with Gasteiger partial charge in [-0.3, -0.25) is 10.1 Å². The van der Waals surface area contributed by atoms with E-state index in [1.807, 2.05) is 12.1 Å². The lowest BCUT2D eigenvalue weighted by Gasteiger charge is -2.23. The lowest BCUT2D eigenvalue weighted by Crippen LogP contribution is -2.34. The van der Waals surface area contributed by atoms with Crippen LogP contribution in [0.15, 0.2) is 53.5 Å². The van der Waals surface area contributed by atoms with Crippen LogP contribution in [0.2, 0.25) is 0 Å². The maximum Gasteiger partial charge on any atom is 0.292 e. The molecule has 6 nitrogen and oxygen atoms in total. The Morgan fingerprint density at radius 1 is 1.11 bits per heavy atom. The highest BCUT2D eigenvalue weighted by atomic mass is 16.5. The van der Waals surface area contributed by atoms with E-state index in [4.69, 9.17) is 19.2 Å². The predicted octanol–water partition coefficient (Wildman–Crippen LogP) is 3.52. The van der Waals surface area contributed by atoms with Crippen LogP contribution in [0.3, 0.4) is 0 Å². The zero-order valence-electron chi connectivity index (χ0n) is 16.3. The maximum atomic E-state index is 12.6. The molecule has 1 aliphatic carbocycles. The Morgan fingerprint density at radius 2 is 1.89 bits per heavy atom. The highest BCUT2D eigenvalue weighted by Gasteiger charge is 2.21. The van der Waals surface area contributed by atoms with E-state index in [1.165, 1.54) is 11.1 Å². The number of carbonyl (C=O) groups is 1. The molecule has 0 spiro atoms. The number of nitrogens with one attached hydrogen (secondary N) is 1. The van der Waals surface area contributed by atoms with Gasteiger partial charge in [0.1, 0.15) is 12.4 Å². The molecule has 0 heterocycles. The second-order valence-corrected chi connectivity index (χ2v) is 6.56. The van der Waals surface area contributed by atoms with Gasteiger partial charge in [-0.25, -0.2) is 4.99 Å². The normalized spacial score (nSPS) is 16.2. The van der Waals surface area contributed by atoms with Crippen LogP contribution in [0.25, 0.3) is 0 Å². The number of nitrogens with zero attached hydrogens (tertiary/aromatic N) is 1. The van der Waals surface area contributed by atoms with Crippen molar-refractivity contribution in [2.75, 3.05) is 27.4 Å². The van der Waals surface area contributed by atoms with E-state index in [0.717, 1.165) is 19.3 Å². The number of amides is 1. The van der Waals surface area contributed by atoms with Crippen LogP contribution in [-0.2, 0) is 15.9 Å². The molecule has 0 saturated carbocycles. The highest BCUT2D eigenvalue weighted by molar-refractivity contribution is 6.04. The minimum atomic E-state index is -0.275. The first-order valence-corrected chi connectivity index (χ1v) is 9.44. The Morgan fingerprint density at radius 3 is 2.64 bits per heavy atom. The van der Waals surface area contributed by atoms with Gasteiger partial charge in [-0.2, -0.15) is 0 Å². The molecule has 0 saturated heterocycles. The standard InChI is InChI=1S/C22H26N2O4/c1-26-14-15-28-22(24-21(25)17-10-12-18(27-2)13-11-17)23-20-9-5-7-16-6-3-4-8-19(16)20/h3-4,6,8,10-13,20H,5,7,9,14-15H2,1-2H3,(H,23,24,25). The molecule has 2 aromatic rings. The Balaban J connectivity index is 1.78. The van der Waals surface area contributed by atoms with Crippen LogP contribution < -0.4 is 10.1 Å². The van der Waals surface area contributed by atoms with Gasteiger partial charge in [0.15, 0.2) is 0 Å². The number of benzene rings is 2. The van der Waals surface area contributed by atoms with Crippen molar-refractivity contribution in [1.82, 2.24) is 5.32 Å². The Kier molecular flexibility index (Phi) is 7.03. The van der Waals surface area contributed by atoms with Crippen molar-refractivity contribution in [3.8, 4) is 5.75 Å². The minimum Gasteiger partial charge on any atom is -0.497 e. The van der Waals surface area contributed by atoms with Crippen molar-refractivity contribution in [3.05, 3.63) is 65.2 Å². The van der Waals surface area contributed by atoms with E-state index in [-0.39, 0.29) is 18.0 Å². The fourth-order valence-corrected chi connectivity index (χ4v) is 3.24. The third-order valence-electron chi connectivity index (χ3n) is 4.71. The molecule has 2 aromatic carbocycles. The van der Waals surface area contributed by atoms with E-state index in [2.05, 4.69) is 17.4 Å². The molecule has 0 radical (unpaired) electrons. The van der Waals surface area contributed by atoms with Crippen molar-refractivity contribution in [2.45, 2.75) is 25.3 Å². The smallest absolute Gasteiger partial charge is 0.292 e. The molecule has 1 unspecified atom stereocenters. The van der Waals surface area contributed by atoms with Gasteiger partial charge >= 0.3 is 0 Å². The van der Waals surface area contributed by atoms with E-state index in [0.29, 0.717) is 24.5 Å². The van der Waals surface area contributed by atoms with E-state index >= 15 is 0 Å². The summed E-state index contributed by atoms with van der Waals surface area (Å²) >= 11 is 0. The summed E-state index contributed by atoms with van der Waals surface area (Å²) < 4.78 is 15.9. The maximum absolute atomic E-state index is 12.6. The van der Waals surface area contributed by atoms with Gasteiger partial charge in [0.25, 0.3) is 11.9 Å². The number of aliphatic imine (C=N–C) groups is 1. The summed E-state index contributed by atoms with van der Waals surface area (Å²) in [5, 5.41) is 2.80. The molecule has 0 bridgehead atoms. The first kappa shape index (κ1) is 19.9. The average molecular weight is 382 g/mol. The summed E-state index contributed by atoms with van der Waals surface area (Å²) in [5.41, 5.74) is 3.01. The van der Waals surface area contributed by atoms with Gasteiger partial charge in [0.05, 0.1) is 19.8 Å². The van der Waals surface area contributed by atoms with Gasteiger partial charge in [-0.05, 0) is 54.7 Å². The molecule has 6 heteroatoms. The molecule has 3 rings (SSSR count). The Bertz CT molecular complexity index is 818. The SMILES string of the molecule is COCCOC(=NC1CCCc2ccccc21)NC(=O)c1ccc(OC)cc1.